The summed E-state index contributed by atoms with van der Waals surface area (Å²) in [5, 5.41) is 0. The van der Waals surface area contributed by atoms with Crippen LogP contribution in [0.3, 0.4) is 0 Å². The zero-order valence-corrected chi connectivity index (χ0v) is 26.3. The molecule has 0 saturated heterocycles. The van der Waals surface area contributed by atoms with Crippen LogP contribution in [-0.4, -0.2) is 35.2 Å². The molecule has 0 N–H and O–H groups in total. The number of anilines is 1. The van der Waals surface area contributed by atoms with Crippen LogP contribution in [0.2, 0.25) is 0 Å². The Morgan fingerprint density at radius 3 is 2.39 bits per heavy atom. The molecule has 6 nitrogen and oxygen atoms in total. The van der Waals surface area contributed by atoms with E-state index in [1.54, 1.807) is 39.0 Å². The minimum atomic E-state index is -0.734. The van der Waals surface area contributed by atoms with Crippen molar-refractivity contribution >= 4 is 33.6 Å². The summed E-state index contributed by atoms with van der Waals surface area (Å²) >= 11 is 3.37. The van der Waals surface area contributed by atoms with E-state index in [2.05, 4.69) is 39.7 Å². The van der Waals surface area contributed by atoms with Crippen molar-refractivity contribution < 1.29 is 23.5 Å². The molecule has 0 bridgehead atoms. The molecule has 0 aliphatic rings. The highest BCUT2D eigenvalue weighted by Crippen LogP contribution is 2.40. The van der Waals surface area contributed by atoms with Gasteiger partial charge in [0.25, 0.3) is 0 Å². The Labute approximate surface area is 251 Å². The Morgan fingerprint density at radius 2 is 1.76 bits per heavy atom. The smallest absolute Gasteiger partial charge is 0.357 e. The van der Waals surface area contributed by atoms with Crippen LogP contribution < -0.4 is 4.90 Å². The van der Waals surface area contributed by atoms with Crippen molar-refractivity contribution in [1.29, 1.82) is 0 Å². The quantitative estimate of drug-likeness (QED) is 0.149. The number of halogens is 2. The van der Waals surface area contributed by atoms with Gasteiger partial charge in [0, 0.05) is 30.4 Å². The van der Waals surface area contributed by atoms with Gasteiger partial charge in [-0.05, 0) is 91.9 Å². The number of unbranched alkanes of at least 4 members (excludes halogenated alkanes) is 1. The summed E-state index contributed by atoms with van der Waals surface area (Å²) in [5.41, 5.74) is 2.23. The first-order valence-electron chi connectivity index (χ1n) is 14.0. The minimum absolute atomic E-state index is 0.0286. The van der Waals surface area contributed by atoms with Gasteiger partial charge in [0.2, 0.25) is 0 Å². The molecule has 1 aromatic heterocycles. The van der Waals surface area contributed by atoms with E-state index in [-0.39, 0.29) is 24.8 Å². The Hall–Kier alpha value is -3.26. The van der Waals surface area contributed by atoms with E-state index in [4.69, 9.17) is 9.47 Å². The van der Waals surface area contributed by atoms with Gasteiger partial charge in [-0.1, -0.05) is 49.7 Å². The number of hydrogen-bond donors (Lipinski definition) is 0. The summed E-state index contributed by atoms with van der Waals surface area (Å²) < 4.78 is 26.8. The highest BCUT2D eigenvalue weighted by atomic mass is 79.9. The van der Waals surface area contributed by atoms with Crippen molar-refractivity contribution in [1.82, 2.24) is 4.98 Å². The van der Waals surface area contributed by atoms with Crippen molar-refractivity contribution in [3.8, 4) is 0 Å². The van der Waals surface area contributed by atoms with Crippen LogP contribution in [0.25, 0.3) is 0 Å². The summed E-state index contributed by atoms with van der Waals surface area (Å²) in [6, 6.07) is 16.7. The highest BCUT2D eigenvalue weighted by Gasteiger charge is 2.31. The predicted molar refractivity (Wildman–Crippen MR) is 164 cm³/mol. The Kier molecular flexibility index (Phi) is 11.5. The molecule has 1 heterocycles. The first-order valence-corrected chi connectivity index (χ1v) is 14.8. The van der Waals surface area contributed by atoms with E-state index in [0.29, 0.717) is 22.1 Å². The highest BCUT2D eigenvalue weighted by molar-refractivity contribution is 9.10. The topological polar surface area (TPSA) is 68.7 Å². The molecule has 0 fully saturated rings. The van der Waals surface area contributed by atoms with Gasteiger partial charge in [0.1, 0.15) is 11.4 Å². The molecule has 8 heteroatoms. The maximum Gasteiger partial charge on any atom is 0.357 e. The third-order valence-corrected chi connectivity index (χ3v) is 7.11. The Balaban J connectivity index is 2.21. The number of rotatable bonds is 12. The summed E-state index contributed by atoms with van der Waals surface area (Å²) in [7, 11) is 0. The first-order chi connectivity index (χ1) is 19.4. The standard InChI is InChI=1S/C33H40BrFN2O4/c1-7-8-17-40-32(39)31-24(15-12-16-36-31)25(19-30(38)41-33(4,5)6)26-18-28(35)27(34)20-29(26)37(22(2)3)21-23-13-10-9-11-14-23/h9-16,18,20,22,25H,7-8,17,19,21H2,1-6H3/t25-/m1/s1. The molecule has 3 rings (SSSR count). The second kappa shape index (κ2) is 14.6. The Bertz CT molecular complexity index is 1320. The molecule has 0 amide bonds. The van der Waals surface area contributed by atoms with E-state index < -0.39 is 29.3 Å². The zero-order valence-electron chi connectivity index (χ0n) is 24.7. The van der Waals surface area contributed by atoms with E-state index in [9.17, 15) is 9.59 Å². The number of hydrogen-bond acceptors (Lipinski definition) is 6. The molecule has 1 atom stereocenters. The second-order valence-corrected chi connectivity index (χ2v) is 12.2. The maximum atomic E-state index is 15.3. The fourth-order valence-electron chi connectivity index (χ4n) is 4.59. The van der Waals surface area contributed by atoms with Crippen molar-refractivity contribution in [3.05, 3.63) is 93.5 Å². The lowest BCUT2D eigenvalue weighted by Crippen LogP contribution is -2.32. The average molecular weight is 628 g/mol. The zero-order chi connectivity index (χ0) is 30.2. The largest absolute Gasteiger partial charge is 0.461 e. The Morgan fingerprint density at radius 1 is 1.05 bits per heavy atom. The lowest BCUT2D eigenvalue weighted by atomic mass is 9.85. The third kappa shape index (κ3) is 9.12. The second-order valence-electron chi connectivity index (χ2n) is 11.3. The predicted octanol–water partition coefficient (Wildman–Crippen LogP) is 8.22. The van der Waals surface area contributed by atoms with Gasteiger partial charge in [0.15, 0.2) is 5.69 Å². The molecule has 0 aliphatic heterocycles. The third-order valence-electron chi connectivity index (χ3n) is 6.50. The van der Waals surface area contributed by atoms with Crippen LogP contribution in [0.4, 0.5) is 10.1 Å². The normalized spacial score (nSPS) is 12.2. The molecular weight excluding hydrogens is 587 g/mol. The van der Waals surface area contributed by atoms with Crippen LogP contribution in [0.1, 0.15) is 93.9 Å². The molecule has 0 radical (unpaired) electrons. The van der Waals surface area contributed by atoms with E-state index >= 15 is 4.39 Å². The first kappa shape index (κ1) is 32.3. The van der Waals surface area contributed by atoms with Crippen molar-refractivity contribution in [3.63, 3.8) is 0 Å². The van der Waals surface area contributed by atoms with Crippen LogP contribution >= 0.6 is 15.9 Å². The van der Waals surface area contributed by atoms with Crippen molar-refractivity contribution in [2.75, 3.05) is 11.5 Å². The van der Waals surface area contributed by atoms with Crippen molar-refractivity contribution in [2.45, 2.75) is 84.9 Å². The van der Waals surface area contributed by atoms with Crippen LogP contribution in [0, 0.1) is 5.82 Å². The lowest BCUT2D eigenvalue weighted by molar-refractivity contribution is -0.155. The molecule has 0 aliphatic carbocycles. The fraction of sp³-hybridized carbons (Fsp3) is 0.424. The lowest BCUT2D eigenvalue weighted by Gasteiger charge is -2.34. The summed E-state index contributed by atoms with van der Waals surface area (Å²) in [6.07, 6.45) is 2.99. The van der Waals surface area contributed by atoms with Gasteiger partial charge < -0.3 is 14.4 Å². The number of carbonyl (C=O) groups is 2. The monoisotopic (exact) mass is 626 g/mol. The van der Waals surface area contributed by atoms with Gasteiger partial charge in [-0.25, -0.2) is 14.2 Å². The molecule has 220 valence electrons. The number of esters is 2. The van der Waals surface area contributed by atoms with Gasteiger partial charge >= 0.3 is 11.9 Å². The minimum Gasteiger partial charge on any atom is -0.461 e. The summed E-state index contributed by atoms with van der Waals surface area (Å²) in [4.78, 5) is 33.0. The number of aromatic nitrogens is 1. The number of pyridine rings is 1. The summed E-state index contributed by atoms with van der Waals surface area (Å²) in [5.74, 6) is -2.25. The molecule has 0 saturated carbocycles. The van der Waals surface area contributed by atoms with Crippen LogP contribution in [-0.2, 0) is 20.8 Å². The number of benzene rings is 2. The van der Waals surface area contributed by atoms with E-state index in [1.165, 1.54) is 12.3 Å². The molecule has 0 spiro atoms. The SMILES string of the molecule is CCCCOC(=O)c1ncccc1[C@@H](CC(=O)OC(C)(C)C)c1cc(F)c(Br)cc1N(Cc1ccccc1)C(C)C. The van der Waals surface area contributed by atoms with Gasteiger partial charge in [-0.3, -0.25) is 4.79 Å². The molecule has 41 heavy (non-hydrogen) atoms. The van der Waals surface area contributed by atoms with Crippen molar-refractivity contribution in [2.24, 2.45) is 0 Å². The van der Waals surface area contributed by atoms with Crippen LogP contribution in [0.5, 0.6) is 0 Å². The molecular formula is C33H40BrFN2O4. The summed E-state index contributed by atoms with van der Waals surface area (Å²) in [6.45, 7) is 12.3. The molecule has 3 aromatic rings. The van der Waals surface area contributed by atoms with Gasteiger partial charge in [-0.15, -0.1) is 0 Å². The number of nitrogens with zero attached hydrogens (tertiary/aromatic N) is 2. The average Bonchev–Trinajstić information content (AvgIpc) is 2.91. The number of ether oxygens (including phenoxy) is 2. The van der Waals surface area contributed by atoms with Gasteiger partial charge in [0.05, 0.1) is 17.5 Å². The van der Waals surface area contributed by atoms with Gasteiger partial charge in [-0.2, -0.15) is 0 Å². The van der Waals surface area contributed by atoms with E-state index in [0.717, 1.165) is 24.1 Å². The number of carbonyl (C=O) groups excluding carboxylic acids is 2. The fourth-order valence-corrected chi connectivity index (χ4v) is 4.92. The van der Waals surface area contributed by atoms with Crippen LogP contribution in [0.15, 0.2) is 65.3 Å². The maximum absolute atomic E-state index is 15.3. The molecule has 0 unspecified atom stereocenters. The van der Waals surface area contributed by atoms with E-state index in [1.807, 2.05) is 37.3 Å². The molecule has 2 aromatic carbocycles.